The number of fused-ring (bicyclic) bond motifs is 1. The zero-order valence-corrected chi connectivity index (χ0v) is 16.6. The van der Waals surface area contributed by atoms with Crippen LogP contribution in [0.5, 0.6) is 0 Å². The van der Waals surface area contributed by atoms with E-state index in [1.807, 2.05) is 59.1 Å². The van der Waals surface area contributed by atoms with Gasteiger partial charge in [-0.15, -0.1) is 0 Å². The Bertz CT molecular complexity index is 1230. The van der Waals surface area contributed by atoms with Crippen LogP contribution in [0.1, 0.15) is 33.5 Å². The summed E-state index contributed by atoms with van der Waals surface area (Å²) in [6.07, 6.45) is 1.84. The molecule has 0 aliphatic heterocycles. The van der Waals surface area contributed by atoms with Gasteiger partial charge in [-0.3, -0.25) is 9.20 Å². The van der Waals surface area contributed by atoms with E-state index >= 15 is 0 Å². The number of anilines is 1. The molecule has 0 radical (unpaired) electrons. The molecule has 7 nitrogen and oxygen atoms in total. The fourth-order valence-electron chi connectivity index (χ4n) is 3.20. The Morgan fingerprint density at radius 2 is 1.77 bits per heavy atom. The molecule has 30 heavy (non-hydrogen) atoms. The fourth-order valence-corrected chi connectivity index (χ4v) is 3.20. The molecule has 3 heterocycles. The summed E-state index contributed by atoms with van der Waals surface area (Å²) in [5, 5.41) is 2.93. The molecule has 0 aliphatic rings. The molecule has 0 saturated heterocycles. The second-order valence-corrected chi connectivity index (χ2v) is 6.61. The van der Waals surface area contributed by atoms with E-state index in [1.54, 1.807) is 19.9 Å². The van der Waals surface area contributed by atoms with Crippen molar-refractivity contribution in [3.8, 4) is 11.3 Å². The van der Waals surface area contributed by atoms with Crippen molar-refractivity contribution in [3.63, 3.8) is 0 Å². The minimum Gasteiger partial charge on any atom is -0.462 e. The topological polar surface area (TPSA) is 85.6 Å². The molecular formula is C23H20N4O3. The van der Waals surface area contributed by atoms with Crippen LogP contribution in [0, 0.1) is 6.92 Å². The molecule has 4 rings (SSSR count). The molecule has 150 valence electrons. The molecule has 0 fully saturated rings. The van der Waals surface area contributed by atoms with Gasteiger partial charge < -0.3 is 10.1 Å². The first kappa shape index (κ1) is 19.3. The van der Waals surface area contributed by atoms with Crippen LogP contribution < -0.4 is 5.32 Å². The van der Waals surface area contributed by atoms with Crippen LogP contribution in [0.25, 0.3) is 16.9 Å². The largest absolute Gasteiger partial charge is 0.462 e. The number of imidazole rings is 1. The smallest absolute Gasteiger partial charge is 0.339 e. The Kier molecular flexibility index (Phi) is 5.26. The maximum atomic E-state index is 13.0. The van der Waals surface area contributed by atoms with Gasteiger partial charge in [-0.25, -0.2) is 14.8 Å². The van der Waals surface area contributed by atoms with Crippen molar-refractivity contribution in [2.45, 2.75) is 13.8 Å². The molecule has 1 aromatic carbocycles. The van der Waals surface area contributed by atoms with Gasteiger partial charge in [0.05, 0.1) is 17.9 Å². The third-order valence-electron chi connectivity index (χ3n) is 4.62. The van der Waals surface area contributed by atoms with E-state index in [-0.39, 0.29) is 12.3 Å². The van der Waals surface area contributed by atoms with Gasteiger partial charge in [0.15, 0.2) is 0 Å². The van der Waals surface area contributed by atoms with Gasteiger partial charge in [-0.1, -0.05) is 36.4 Å². The summed E-state index contributed by atoms with van der Waals surface area (Å²) < 4.78 is 6.84. The summed E-state index contributed by atoms with van der Waals surface area (Å²) in [6, 6.07) is 18.4. The quantitative estimate of drug-likeness (QED) is 0.509. The van der Waals surface area contributed by atoms with Crippen LogP contribution >= 0.6 is 0 Å². The van der Waals surface area contributed by atoms with E-state index in [4.69, 9.17) is 4.74 Å². The van der Waals surface area contributed by atoms with Crippen molar-refractivity contribution in [3.05, 3.63) is 83.8 Å². The van der Waals surface area contributed by atoms with Crippen LogP contribution in [0.15, 0.2) is 66.9 Å². The second-order valence-electron chi connectivity index (χ2n) is 6.61. The maximum Gasteiger partial charge on any atom is 0.339 e. The van der Waals surface area contributed by atoms with Crippen LogP contribution in [0.3, 0.4) is 0 Å². The minimum atomic E-state index is -0.456. The molecule has 0 aliphatic carbocycles. The van der Waals surface area contributed by atoms with E-state index in [0.29, 0.717) is 28.4 Å². The molecule has 0 spiro atoms. The van der Waals surface area contributed by atoms with Crippen LogP contribution in [0.4, 0.5) is 5.82 Å². The van der Waals surface area contributed by atoms with Crippen LogP contribution in [0.2, 0.25) is 0 Å². The van der Waals surface area contributed by atoms with Crippen molar-refractivity contribution in [1.29, 1.82) is 0 Å². The first-order chi connectivity index (χ1) is 14.6. The molecule has 4 aromatic rings. The number of nitrogens with zero attached hydrogens (tertiary/aromatic N) is 3. The number of hydrogen-bond acceptors (Lipinski definition) is 5. The van der Waals surface area contributed by atoms with Gasteiger partial charge in [-0.05, 0) is 38.1 Å². The predicted molar refractivity (Wildman–Crippen MR) is 114 cm³/mol. The number of carbonyl (C=O) groups is 2. The van der Waals surface area contributed by atoms with Gasteiger partial charge in [0.2, 0.25) is 0 Å². The zero-order valence-electron chi connectivity index (χ0n) is 16.6. The van der Waals surface area contributed by atoms with E-state index < -0.39 is 11.9 Å². The lowest BCUT2D eigenvalue weighted by Gasteiger charge is -2.09. The molecular weight excluding hydrogens is 380 g/mol. The summed E-state index contributed by atoms with van der Waals surface area (Å²) in [4.78, 5) is 33.9. The summed E-state index contributed by atoms with van der Waals surface area (Å²) in [5.74, 6) is -0.297. The third-order valence-corrected chi connectivity index (χ3v) is 4.62. The Balaban J connectivity index is 1.70. The highest BCUT2D eigenvalue weighted by Gasteiger charge is 2.19. The van der Waals surface area contributed by atoms with E-state index in [0.717, 1.165) is 5.56 Å². The number of esters is 1. The lowest BCUT2D eigenvalue weighted by Crippen LogP contribution is -2.17. The second kappa shape index (κ2) is 8.16. The van der Waals surface area contributed by atoms with Crippen molar-refractivity contribution in [2.75, 3.05) is 11.9 Å². The molecule has 0 bridgehead atoms. The number of rotatable bonds is 5. The van der Waals surface area contributed by atoms with E-state index in [2.05, 4.69) is 15.3 Å². The average molecular weight is 400 g/mol. The van der Waals surface area contributed by atoms with Gasteiger partial charge >= 0.3 is 5.97 Å². The summed E-state index contributed by atoms with van der Waals surface area (Å²) in [6.45, 7) is 3.69. The van der Waals surface area contributed by atoms with Crippen LogP contribution in [-0.4, -0.2) is 32.9 Å². The fraction of sp³-hybridized carbons (Fsp3) is 0.130. The highest BCUT2D eigenvalue weighted by Crippen LogP contribution is 2.29. The standard InChI is InChI=1S/C23H20N4O3/c1-3-30-23(29)17-12-13-18(24-15(17)2)22(28)26-21-20(16-9-5-4-6-10-16)25-19-11-7-8-14-27(19)21/h4-14H,3H2,1-2H3,(H,26,28). The zero-order chi connectivity index (χ0) is 21.1. The Labute approximate surface area is 173 Å². The first-order valence-electron chi connectivity index (χ1n) is 9.57. The van der Waals surface area contributed by atoms with Gasteiger partial charge in [0.1, 0.15) is 22.9 Å². The van der Waals surface area contributed by atoms with E-state index in [1.165, 1.54) is 6.07 Å². The maximum absolute atomic E-state index is 13.0. The number of amides is 1. The molecule has 3 aromatic heterocycles. The Hall–Kier alpha value is -4.00. The molecule has 0 saturated carbocycles. The van der Waals surface area contributed by atoms with Gasteiger partial charge in [0.25, 0.3) is 5.91 Å². The SMILES string of the molecule is CCOC(=O)c1ccc(C(=O)Nc2c(-c3ccccc3)nc3ccccn23)nc1C. The predicted octanol–water partition coefficient (Wildman–Crippen LogP) is 4.13. The van der Waals surface area contributed by atoms with Crippen LogP contribution in [-0.2, 0) is 4.74 Å². The lowest BCUT2D eigenvalue weighted by atomic mass is 10.1. The molecule has 1 N–H and O–H groups in total. The third kappa shape index (κ3) is 3.65. The van der Waals surface area contributed by atoms with Gasteiger partial charge in [-0.2, -0.15) is 0 Å². The number of ether oxygens (including phenoxy) is 1. The number of aryl methyl sites for hydroxylation is 1. The number of benzene rings is 1. The number of pyridine rings is 2. The normalized spacial score (nSPS) is 10.7. The molecule has 0 atom stereocenters. The number of nitrogens with one attached hydrogen (secondary N) is 1. The van der Waals surface area contributed by atoms with Crippen molar-refractivity contribution >= 4 is 23.3 Å². The van der Waals surface area contributed by atoms with Crippen molar-refractivity contribution in [1.82, 2.24) is 14.4 Å². The summed E-state index contributed by atoms with van der Waals surface area (Å²) in [7, 11) is 0. The highest BCUT2D eigenvalue weighted by molar-refractivity contribution is 6.05. The number of aromatic nitrogens is 3. The van der Waals surface area contributed by atoms with Gasteiger partial charge in [0, 0.05) is 11.8 Å². The highest BCUT2D eigenvalue weighted by atomic mass is 16.5. The molecule has 7 heteroatoms. The first-order valence-corrected chi connectivity index (χ1v) is 9.57. The molecule has 0 unspecified atom stereocenters. The lowest BCUT2D eigenvalue weighted by molar-refractivity contribution is 0.0524. The minimum absolute atomic E-state index is 0.199. The van der Waals surface area contributed by atoms with Crippen molar-refractivity contribution < 1.29 is 14.3 Å². The number of carbonyl (C=O) groups excluding carboxylic acids is 2. The monoisotopic (exact) mass is 400 g/mol. The Morgan fingerprint density at radius 3 is 2.50 bits per heavy atom. The average Bonchev–Trinajstić information content (AvgIpc) is 3.13. The van der Waals surface area contributed by atoms with E-state index in [9.17, 15) is 9.59 Å². The number of hydrogen-bond donors (Lipinski definition) is 1. The summed E-state index contributed by atoms with van der Waals surface area (Å²) in [5.41, 5.74) is 3.24. The van der Waals surface area contributed by atoms with Crippen molar-refractivity contribution in [2.24, 2.45) is 0 Å². The summed E-state index contributed by atoms with van der Waals surface area (Å²) >= 11 is 0. The Morgan fingerprint density at radius 1 is 1.00 bits per heavy atom. The molecule has 1 amide bonds.